The van der Waals surface area contributed by atoms with E-state index in [9.17, 15) is 4.39 Å². The number of aromatic nitrogens is 3. The monoisotopic (exact) mass is 342 g/mol. The molecule has 4 nitrogen and oxygen atoms in total. The average Bonchev–Trinajstić information content (AvgIpc) is 2.58. The Bertz CT molecular complexity index is 841. The van der Waals surface area contributed by atoms with Crippen LogP contribution in [0.15, 0.2) is 48.3 Å². The number of pyridine rings is 1. The normalized spacial score (nSPS) is 13.3. The third kappa shape index (κ3) is 3.70. The van der Waals surface area contributed by atoms with E-state index in [0.717, 1.165) is 24.1 Å². The van der Waals surface area contributed by atoms with Crippen LogP contribution in [-0.4, -0.2) is 20.1 Å². The highest BCUT2D eigenvalue weighted by molar-refractivity contribution is 6.29. The van der Waals surface area contributed by atoms with Crippen LogP contribution >= 0.6 is 11.6 Å². The number of halogens is 2. The van der Waals surface area contributed by atoms with Crippen molar-refractivity contribution in [3.05, 3.63) is 76.4 Å². The van der Waals surface area contributed by atoms with E-state index in [2.05, 4.69) is 27.8 Å². The van der Waals surface area contributed by atoms with Crippen molar-refractivity contribution in [2.45, 2.75) is 26.3 Å². The summed E-state index contributed by atoms with van der Waals surface area (Å²) in [6, 6.07) is 6.56. The van der Waals surface area contributed by atoms with Crippen molar-refractivity contribution in [3.8, 4) is 0 Å². The van der Waals surface area contributed by atoms with Crippen LogP contribution in [0.25, 0.3) is 5.70 Å². The van der Waals surface area contributed by atoms with Crippen LogP contribution in [0.1, 0.15) is 30.3 Å². The second kappa shape index (κ2) is 7.39. The van der Waals surface area contributed by atoms with Crippen molar-refractivity contribution in [1.29, 1.82) is 0 Å². The quantitative estimate of drug-likeness (QED) is 0.605. The topological polar surface area (TPSA) is 41.9 Å². The Kier molecular flexibility index (Phi) is 5.04. The lowest BCUT2D eigenvalue weighted by Gasteiger charge is -2.23. The summed E-state index contributed by atoms with van der Waals surface area (Å²) in [6.45, 7) is 2.59. The van der Waals surface area contributed by atoms with E-state index in [-0.39, 0.29) is 0 Å². The molecule has 0 unspecified atom stereocenters. The van der Waals surface area contributed by atoms with E-state index in [4.69, 9.17) is 11.6 Å². The van der Waals surface area contributed by atoms with Gasteiger partial charge in [0.15, 0.2) is 5.15 Å². The van der Waals surface area contributed by atoms with Crippen molar-refractivity contribution >= 4 is 17.3 Å². The maximum atomic E-state index is 13.4. The van der Waals surface area contributed by atoms with E-state index >= 15 is 0 Å². The molecule has 0 aromatic carbocycles. The molecule has 0 amide bonds. The molecular formula is C18H16ClFN4. The summed E-state index contributed by atoms with van der Waals surface area (Å²) in [6.07, 6.45) is 7.39. The molecule has 0 N–H and O–H groups in total. The van der Waals surface area contributed by atoms with Crippen molar-refractivity contribution in [2.24, 2.45) is 0 Å². The van der Waals surface area contributed by atoms with Gasteiger partial charge < -0.3 is 4.90 Å². The fraction of sp³-hybridized carbons (Fsp3) is 0.222. The summed E-state index contributed by atoms with van der Waals surface area (Å²) in [5, 5.41) is 8.57. The van der Waals surface area contributed by atoms with Gasteiger partial charge in [-0.2, -0.15) is 9.49 Å². The van der Waals surface area contributed by atoms with Crippen molar-refractivity contribution in [2.75, 3.05) is 0 Å². The van der Waals surface area contributed by atoms with Crippen molar-refractivity contribution in [1.82, 2.24) is 20.1 Å². The number of hydrogen-bond donors (Lipinski definition) is 0. The molecule has 6 heteroatoms. The summed E-state index contributed by atoms with van der Waals surface area (Å²) in [5.74, 6) is -0.519. The van der Waals surface area contributed by atoms with Crippen LogP contribution in [0.5, 0.6) is 0 Å². The largest absolute Gasteiger partial charge is 0.334 e. The molecule has 0 radical (unpaired) electrons. The summed E-state index contributed by atoms with van der Waals surface area (Å²) >= 11 is 5.96. The maximum Gasteiger partial charge on any atom is 0.213 e. The molecule has 1 aliphatic rings. The van der Waals surface area contributed by atoms with Crippen molar-refractivity contribution in [3.63, 3.8) is 0 Å². The molecule has 0 aliphatic carbocycles. The lowest BCUT2D eigenvalue weighted by atomic mass is 10.1. The molecule has 0 saturated heterocycles. The van der Waals surface area contributed by atoms with E-state index in [1.165, 1.54) is 6.07 Å². The highest BCUT2D eigenvalue weighted by Crippen LogP contribution is 2.23. The minimum atomic E-state index is -0.519. The first-order valence-corrected chi connectivity index (χ1v) is 8.09. The number of rotatable bonds is 5. The second-order valence-electron chi connectivity index (χ2n) is 5.36. The molecule has 0 saturated carbocycles. The van der Waals surface area contributed by atoms with Gasteiger partial charge in [0.2, 0.25) is 5.95 Å². The molecule has 0 atom stereocenters. The first-order chi connectivity index (χ1) is 11.7. The second-order valence-corrected chi connectivity index (χ2v) is 5.75. The van der Waals surface area contributed by atoms with Gasteiger partial charge in [-0.05, 0) is 42.3 Å². The Hall–Kier alpha value is -2.49. The van der Waals surface area contributed by atoms with E-state index in [1.807, 2.05) is 23.2 Å². The molecule has 122 valence electrons. The van der Waals surface area contributed by atoms with E-state index in [0.29, 0.717) is 23.1 Å². The van der Waals surface area contributed by atoms with Gasteiger partial charge in [0.25, 0.3) is 0 Å². The number of allylic oxidation sites excluding steroid dienone is 2. The van der Waals surface area contributed by atoms with Gasteiger partial charge in [0, 0.05) is 6.20 Å². The first-order valence-electron chi connectivity index (χ1n) is 7.71. The Morgan fingerprint density at radius 2 is 2.17 bits per heavy atom. The third-order valence-electron chi connectivity index (χ3n) is 3.60. The van der Waals surface area contributed by atoms with Gasteiger partial charge in [0.1, 0.15) is 5.70 Å². The lowest BCUT2D eigenvalue weighted by molar-refractivity contribution is 0.502. The van der Waals surface area contributed by atoms with Crippen molar-refractivity contribution < 1.29 is 4.39 Å². The van der Waals surface area contributed by atoms with Crippen LogP contribution in [0, 0.1) is 5.95 Å². The highest BCUT2D eigenvalue weighted by Gasteiger charge is 2.16. The SMILES string of the molecule is CCCc1cc(Cl)nnc1CN1C=CC=C=C1c1cccc(F)n1. The molecule has 24 heavy (non-hydrogen) atoms. The molecule has 0 fully saturated rings. The standard InChI is InChI=1S/C18H16ClFN4/c1-2-6-13-11-17(19)23-22-15(13)12-24-10-4-3-8-16(24)14-7-5-9-18(20)21-14/h3-5,7,9-11H,2,6,12H2,1H3. The molecule has 3 heterocycles. The zero-order chi connectivity index (χ0) is 16.9. The zero-order valence-electron chi connectivity index (χ0n) is 13.2. The smallest absolute Gasteiger partial charge is 0.213 e. The van der Waals surface area contributed by atoms with Gasteiger partial charge in [-0.25, -0.2) is 4.98 Å². The summed E-state index contributed by atoms with van der Waals surface area (Å²) in [5.41, 5.74) is 6.24. The molecule has 3 rings (SSSR count). The molecule has 1 aliphatic heterocycles. The predicted molar refractivity (Wildman–Crippen MR) is 91.4 cm³/mol. The lowest BCUT2D eigenvalue weighted by Crippen LogP contribution is -2.19. The first kappa shape index (κ1) is 16.4. The zero-order valence-corrected chi connectivity index (χ0v) is 14.0. The Balaban J connectivity index is 1.92. The van der Waals surface area contributed by atoms with Gasteiger partial charge in [-0.3, -0.25) is 0 Å². The minimum Gasteiger partial charge on any atom is -0.334 e. The van der Waals surface area contributed by atoms with Gasteiger partial charge in [0.05, 0.1) is 17.9 Å². The molecule has 0 spiro atoms. The fourth-order valence-corrected chi connectivity index (χ4v) is 2.70. The number of aryl methyl sites for hydroxylation is 1. The molecular weight excluding hydrogens is 327 g/mol. The Morgan fingerprint density at radius 3 is 2.96 bits per heavy atom. The van der Waals surface area contributed by atoms with Gasteiger partial charge >= 0.3 is 0 Å². The summed E-state index contributed by atoms with van der Waals surface area (Å²) in [4.78, 5) is 5.87. The van der Waals surface area contributed by atoms with Crippen LogP contribution in [0.2, 0.25) is 5.15 Å². The Morgan fingerprint density at radius 1 is 1.29 bits per heavy atom. The minimum absolute atomic E-state index is 0.388. The van der Waals surface area contributed by atoms with Crippen LogP contribution in [0.4, 0.5) is 4.39 Å². The van der Waals surface area contributed by atoms with E-state index in [1.54, 1.807) is 18.2 Å². The van der Waals surface area contributed by atoms with Gasteiger partial charge in [-0.15, -0.1) is 5.10 Å². The Labute approximate surface area is 145 Å². The van der Waals surface area contributed by atoms with E-state index < -0.39 is 5.95 Å². The van der Waals surface area contributed by atoms with Crippen LogP contribution < -0.4 is 0 Å². The van der Waals surface area contributed by atoms with Gasteiger partial charge in [-0.1, -0.05) is 36.7 Å². The fourth-order valence-electron chi connectivity index (χ4n) is 2.53. The third-order valence-corrected chi connectivity index (χ3v) is 3.78. The highest BCUT2D eigenvalue weighted by atomic mass is 35.5. The summed E-state index contributed by atoms with van der Waals surface area (Å²) < 4.78 is 13.4. The van der Waals surface area contributed by atoms with Crippen LogP contribution in [-0.2, 0) is 13.0 Å². The number of hydrogen-bond acceptors (Lipinski definition) is 4. The molecule has 0 bridgehead atoms. The predicted octanol–water partition coefficient (Wildman–Crippen LogP) is 4.14. The average molecular weight is 343 g/mol. The summed E-state index contributed by atoms with van der Waals surface area (Å²) in [7, 11) is 0. The molecule has 2 aromatic heterocycles. The number of nitrogens with zero attached hydrogens (tertiary/aromatic N) is 4. The molecule has 2 aromatic rings. The maximum absolute atomic E-state index is 13.4. The van der Waals surface area contributed by atoms with Crippen LogP contribution in [0.3, 0.4) is 0 Å².